The van der Waals surface area contributed by atoms with Gasteiger partial charge in [-0.1, -0.05) is 57.9 Å². The molecule has 0 fully saturated rings. The third kappa shape index (κ3) is 5.01. The van der Waals surface area contributed by atoms with E-state index in [1.807, 2.05) is 19.9 Å². The molecule has 16 heavy (non-hydrogen) atoms. The average molecular weight is 220 g/mol. The van der Waals surface area contributed by atoms with Crippen molar-refractivity contribution in [1.29, 1.82) is 0 Å². The first-order chi connectivity index (χ1) is 7.77. The Balaban J connectivity index is 0.000000394. The molecule has 1 heteroatoms. The number of hydrogen-bond donors (Lipinski definition) is 0. The zero-order chi connectivity index (χ0) is 12.4. The van der Waals surface area contributed by atoms with E-state index < -0.39 is 0 Å². The highest BCUT2D eigenvalue weighted by molar-refractivity contribution is 5.55. The van der Waals surface area contributed by atoms with E-state index in [0.717, 1.165) is 0 Å². The van der Waals surface area contributed by atoms with E-state index >= 15 is 0 Å². The number of rotatable bonds is 0. The van der Waals surface area contributed by atoms with E-state index in [0.29, 0.717) is 6.61 Å². The van der Waals surface area contributed by atoms with Crippen LogP contribution in [0.25, 0.3) is 6.08 Å². The molecular weight excluding hydrogens is 196 g/mol. The molecular formula is C15H24O. The Morgan fingerprint density at radius 3 is 2.44 bits per heavy atom. The standard InChI is InChI=1S/C10H10O.C3H8.C2H6/c1-8-2-3-9-4-5-11-7-10(9)6-8;1-3-2;1-2/h2-6H,7H2,1H3;3H2,1-2H3;1-2H3. The first kappa shape index (κ1) is 14.8. The zero-order valence-corrected chi connectivity index (χ0v) is 11.2. The topological polar surface area (TPSA) is 9.23 Å². The summed E-state index contributed by atoms with van der Waals surface area (Å²) in [5.74, 6) is 0. The van der Waals surface area contributed by atoms with Crippen LogP contribution in [-0.4, -0.2) is 0 Å². The van der Waals surface area contributed by atoms with Gasteiger partial charge >= 0.3 is 0 Å². The second-order valence-corrected chi connectivity index (χ2v) is 3.52. The van der Waals surface area contributed by atoms with Crippen molar-refractivity contribution < 1.29 is 4.74 Å². The normalized spacial score (nSPS) is 11.1. The van der Waals surface area contributed by atoms with Gasteiger partial charge in [0.1, 0.15) is 6.61 Å². The molecule has 1 aromatic carbocycles. The fourth-order valence-corrected chi connectivity index (χ4v) is 1.28. The van der Waals surface area contributed by atoms with Crippen molar-refractivity contribution in [3.8, 4) is 0 Å². The summed E-state index contributed by atoms with van der Waals surface area (Å²) < 4.78 is 5.17. The molecule has 2 rings (SSSR count). The van der Waals surface area contributed by atoms with Crippen LogP contribution in [0.15, 0.2) is 24.5 Å². The predicted molar refractivity (Wildman–Crippen MR) is 72.3 cm³/mol. The number of aryl methyl sites for hydroxylation is 1. The molecule has 0 atom stereocenters. The Kier molecular flexibility index (Phi) is 8.32. The lowest BCUT2D eigenvalue weighted by Crippen LogP contribution is -1.96. The van der Waals surface area contributed by atoms with Crippen LogP contribution in [0.5, 0.6) is 0 Å². The number of hydrogen-bond acceptors (Lipinski definition) is 1. The summed E-state index contributed by atoms with van der Waals surface area (Å²) in [5.41, 5.74) is 3.86. The SMILES string of the molecule is CC.CCC.Cc1ccc2c(c1)COC=C2. The van der Waals surface area contributed by atoms with Gasteiger partial charge < -0.3 is 4.74 Å². The number of ether oxygens (including phenoxy) is 1. The maximum Gasteiger partial charge on any atom is 0.113 e. The molecule has 0 saturated carbocycles. The van der Waals surface area contributed by atoms with Crippen LogP contribution in [0.2, 0.25) is 0 Å². The zero-order valence-electron chi connectivity index (χ0n) is 11.2. The molecule has 0 aliphatic carbocycles. The summed E-state index contributed by atoms with van der Waals surface area (Å²) in [5, 5.41) is 0. The fourth-order valence-electron chi connectivity index (χ4n) is 1.28. The number of fused-ring (bicyclic) bond motifs is 1. The lowest BCUT2D eigenvalue weighted by atomic mass is 10.0. The predicted octanol–water partition coefficient (Wildman–Crippen LogP) is 4.94. The van der Waals surface area contributed by atoms with Crippen LogP contribution < -0.4 is 0 Å². The molecule has 1 aromatic rings. The summed E-state index contributed by atoms with van der Waals surface area (Å²) in [6, 6.07) is 6.41. The molecule has 90 valence electrons. The molecule has 1 heterocycles. The lowest BCUT2D eigenvalue weighted by molar-refractivity contribution is 0.234. The van der Waals surface area contributed by atoms with Gasteiger partial charge in [0, 0.05) is 0 Å². The van der Waals surface area contributed by atoms with Gasteiger partial charge in [-0.2, -0.15) is 0 Å². The van der Waals surface area contributed by atoms with Gasteiger partial charge in [0.25, 0.3) is 0 Å². The second kappa shape index (κ2) is 9.02. The molecule has 0 aromatic heterocycles. The highest BCUT2D eigenvalue weighted by atomic mass is 16.5. The Bertz CT molecular complexity index is 313. The highest BCUT2D eigenvalue weighted by Crippen LogP contribution is 2.18. The molecule has 0 radical (unpaired) electrons. The molecule has 1 nitrogen and oxygen atoms in total. The summed E-state index contributed by atoms with van der Waals surface area (Å²) in [6.07, 6.45) is 5.00. The summed E-state index contributed by atoms with van der Waals surface area (Å²) in [4.78, 5) is 0. The lowest BCUT2D eigenvalue weighted by Gasteiger charge is -2.11. The Morgan fingerprint density at radius 1 is 1.19 bits per heavy atom. The van der Waals surface area contributed by atoms with Gasteiger partial charge in [0.2, 0.25) is 0 Å². The molecule has 0 N–H and O–H groups in total. The van der Waals surface area contributed by atoms with Crippen molar-refractivity contribution >= 4 is 6.08 Å². The van der Waals surface area contributed by atoms with Crippen molar-refractivity contribution in [2.24, 2.45) is 0 Å². The van der Waals surface area contributed by atoms with Gasteiger partial charge in [0.05, 0.1) is 6.26 Å². The van der Waals surface area contributed by atoms with Gasteiger partial charge in [0.15, 0.2) is 0 Å². The maximum absolute atomic E-state index is 5.17. The molecule has 1 aliphatic heterocycles. The van der Waals surface area contributed by atoms with Gasteiger partial charge in [-0.25, -0.2) is 0 Å². The Morgan fingerprint density at radius 2 is 1.81 bits per heavy atom. The van der Waals surface area contributed by atoms with Crippen LogP contribution in [0.3, 0.4) is 0 Å². The second-order valence-electron chi connectivity index (χ2n) is 3.52. The van der Waals surface area contributed by atoms with Crippen LogP contribution in [0, 0.1) is 6.92 Å². The molecule has 1 aliphatic rings. The van der Waals surface area contributed by atoms with E-state index in [9.17, 15) is 0 Å². The van der Waals surface area contributed by atoms with Crippen LogP contribution in [0.4, 0.5) is 0 Å². The number of benzene rings is 1. The third-order valence-electron chi connectivity index (χ3n) is 1.88. The molecule has 0 saturated heterocycles. The first-order valence-corrected chi connectivity index (χ1v) is 6.15. The van der Waals surface area contributed by atoms with E-state index in [4.69, 9.17) is 4.74 Å². The minimum atomic E-state index is 0.716. The Labute approximate surface area is 100 Å². The van der Waals surface area contributed by atoms with Crippen LogP contribution >= 0.6 is 0 Å². The van der Waals surface area contributed by atoms with Crippen LogP contribution in [0.1, 0.15) is 50.8 Å². The highest BCUT2D eigenvalue weighted by Gasteiger charge is 2.03. The minimum Gasteiger partial charge on any atom is -0.496 e. The van der Waals surface area contributed by atoms with Crippen LogP contribution in [-0.2, 0) is 11.3 Å². The van der Waals surface area contributed by atoms with E-state index in [1.54, 1.807) is 6.26 Å². The van der Waals surface area contributed by atoms with Gasteiger partial charge in [-0.05, 0) is 24.1 Å². The van der Waals surface area contributed by atoms with Gasteiger partial charge in [-0.3, -0.25) is 0 Å². The summed E-state index contributed by atoms with van der Waals surface area (Å²) in [6.45, 7) is 11.1. The van der Waals surface area contributed by atoms with E-state index in [1.165, 1.54) is 23.1 Å². The fraction of sp³-hybridized carbons (Fsp3) is 0.467. The van der Waals surface area contributed by atoms with Crippen molar-refractivity contribution in [3.63, 3.8) is 0 Å². The molecule has 0 spiro atoms. The van der Waals surface area contributed by atoms with Crippen molar-refractivity contribution in [3.05, 3.63) is 41.2 Å². The Hall–Kier alpha value is -1.24. The van der Waals surface area contributed by atoms with Gasteiger partial charge in [-0.15, -0.1) is 0 Å². The quantitative estimate of drug-likeness (QED) is 0.602. The maximum atomic E-state index is 5.17. The van der Waals surface area contributed by atoms with Crippen molar-refractivity contribution in [2.75, 3.05) is 0 Å². The van der Waals surface area contributed by atoms with Crippen molar-refractivity contribution in [1.82, 2.24) is 0 Å². The molecule has 0 amide bonds. The summed E-state index contributed by atoms with van der Waals surface area (Å²) in [7, 11) is 0. The average Bonchev–Trinajstić information content (AvgIpc) is 2.32. The van der Waals surface area contributed by atoms with E-state index in [-0.39, 0.29) is 0 Å². The largest absolute Gasteiger partial charge is 0.496 e. The molecule has 0 unspecified atom stereocenters. The molecule has 0 bridgehead atoms. The third-order valence-corrected chi connectivity index (χ3v) is 1.88. The van der Waals surface area contributed by atoms with Crippen molar-refractivity contribution in [2.45, 2.75) is 47.6 Å². The first-order valence-electron chi connectivity index (χ1n) is 6.15. The smallest absolute Gasteiger partial charge is 0.113 e. The van der Waals surface area contributed by atoms with E-state index in [2.05, 4.69) is 39.0 Å². The minimum absolute atomic E-state index is 0.716. The summed E-state index contributed by atoms with van der Waals surface area (Å²) >= 11 is 0. The monoisotopic (exact) mass is 220 g/mol.